The Kier molecular flexibility index (Phi) is 7.03. The lowest BCUT2D eigenvalue weighted by atomic mass is 10.1. The van der Waals surface area contributed by atoms with Crippen LogP contribution in [0.2, 0.25) is 0 Å². The van der Waals surface area contributed by atoms with Gasteiger partial charge in [-0.05, 0) is 42.4 Å². The molecule has 0 aliphatic rings. The Balaban J connectivity index is 1.54. The van der Waals surface area contributed by atoms with Gasteiger partial charge in [-0.15, -0.1) is 0 Å². The van der Waals surface area contributed by atoms with Crippen LogP contribution in [0.5, 0.6) is 0 Å². The van der Waals surface area contributed by atoms with Gasteiger partial charge in [-0.25, -0.2) is 0 Å². The van der Waals surface area contributed by atoms with Crippen molar-refractivity contribution in [3.05, 3.63) is 93.8 Å². The summed E-state index contributed by atoms with van der Waals surface area (Å²) in [7, 11) is 0. The van der Waals surface area contributed by atoms with Gasteiger partial charge in [-0.1, -0.05) is 44.2 Å². The van der Waals surface area contributed by atoms with E-state index in [-0.39, 0.29) is 17.2 Å². The molecule has 152 valence electrons. The number of hydrogen-bond acceptors (Lipinski definition) is 4. The molecule has 0 aliphatic heterocycles. The van der Waals surface area contributed by atoms with Crippen LogP contribution in [0.4, 0.5) is 0 Å². The highest BCUT2D eigenvalue weighted by molar-refractivity contribution is 5.91. The smallest absolute Gasteiger partial charge is 0.287 e. The number of furan rings is 1. The maximum atomic E-state index is 12.4. The summed E-state index contributed by atoms with van der Waals surface area (Å²) in [6.45, 7) is 8.02. The predicted molar refractivity (Wildman–Crippen MR) is 113 cm³/mol. The van der Waals surface area contributed by atoms with E-state index in [0.29, 0.717) is 18.8 Å². The second-order valence-electron chi connectivity index (χ2n) is 6.89. The van der Waals surface area contributed by atoms with E-state index in [1.54, 1.807) is 30.5 Å². The SMILES string of the molecule is CCN(CC)Cc1ccc(CNC(=O)c2ccc(Cn3ccccc3=O)o2)cc1. The van der Waals surface area contributed by atoms with Crippen LogP contribution in [-0.4, -0.2) is 28.5 Å². The molecule has 3 aromatic rings. The van der Waals surface area contributed by atoms with Gasteiger partial charge in [0.2, 0.25) is 0 Å². The number of rotatable bonds is 9. The van der Waals surface area contributed by atoms with Gasteiger partial charge < -0.3 is 14.3 Å². The first-order chi connectivity index (χ1) is 14.1. The van der Waals surface area contributed by atoms with Crippen LogP contribution >= 0.6 is 0 Å². The minimum Gasteiger partial charge on any atom is -0.454 e. The lowest BCUT2D eigenvalue weighted by Crippen LogP contribution is -2.23. The molecular weight excluding hydrogens is 366 g/mol. The molecule has 2 aromatic heterocycles. The van der Waals surface area contributed by atoms with Crippen molar-refractivity contribution in [1.29, 1.82) is 0 Å². The van der Waals surface area contributed by atoms with Crippen LogP contribution in [-0.2, 0) is 19.6 Å². The van der Waals surface area contributed by atoms with Gasteiger partial charge in [0.1, 0.15) is 5.76 Å². The number of pyridine rings is 1. The number of carbonyl (C=O) groups excluding carboxylic acids is 1. The van der Waals surface area contributed by atoms with E-state index in [1.807, 2.05) is 12.1 Å². The van der Waals surface area contributed by atoms with Gasteiger partial charge in [-0.2, -0.15) is 0 Å². The summed E-state index contributed by atoms with van der Waals surface area (Å²) >= 11 is 0. The predicted octanol–water partition coefficient (Wildman–Crippen LogP) is 3.26. The van der Waals surface area contributed by atoms with Crippen molar-refractivity contribution in [3.63, 3.8) is 0 Å². The number of amides is 1. The molecule has 0 saturated carbocycles. The van der Waals surface area contributed by atoms with E-state index in [2.05, 4.69) is 36.2 Å². The van der Waals surface area contributed by atoms with E-state index in [4.69, 9.17) is 4.42 Å². The van der Waals surface area contributed by atoms with Gasteiger partial charge in [0.25, 0.3) is 11.5 Å². The van der Waals surface area contributed by atoms with Crippen molar-refractivity contribution >= 4 is 5.91 Å². The van der Waals surface area contributed by atoms with E-state index >= 15 is 0 Å². The third kappa shape index (κ3) is 5.68. The van der Waals surface area contributed by atoms with Crippen molar-refractivity contribution in [1.82, 2.24) is 14.8 Å². The molecule has 0 saturated heterocycles. The molecule has 6 nitrogen and oxygen atoms in total. The van der Waals surface area contributed by atoms with Gasteiger partial charge >= 0.3 is 0 Å². The average Bonchev–Trinajstić information content (AvgIpc) is 3.21. The number of aromatic nitrogens is 1. The second-order valence-corrected chi connectivity index (χ2v) is 6.89. The molecule has 1 amide bonds. The molecule has 1 aromatic carbocycles. The fraction of sp³-hybridized carbons (Fsp3) is 0.304. The number of nitrogens with zero attached hydrogens (tertiary/aromatic N) is 2. The van der Waals surface area contributed by atoms with E-state index in [1.165, 1.54) is 16.2 Å². The first-order valence-electron chi connectivity index (χ1n) is 9.91. The summed E-state index contributed by atoms with van der Waals surface area (Å²) in [5, 5.41) is 2.87. The Hall–Kier alpha value is -3.12. The van der Waals surface area contributed by atoms with E-state index < -0.39 is 0 Å². The van der Waals surface area contributed by atoms with Crippen molar-refractivity contribution < 1.29 is 9.21 Å². The van der Waals surface area contributed by atoms with Crippen molar-refractivity contribution in [2.24, 2.45) is 0 Å². The number of nitrogens with one attached hydrogen (secondary N) is 1. The third-order valence-corrected chi connectivity index (χ3v) is 4.89. The van der Waals surface area contributed by atoms with Gasteiger partial charge in [0.05, 0.1) is 6.54 Å². The first-order valence-corrected chi connectivity index (χ1v) is 9.91. The maximum Gasteiger partial charge on any atom is 0.287 e. The molecule has 0 bridgehead atoms. The Labute approximate surface area is 170 Å². The molecule has 0 unspecified atom stereocenters. The molecule has 0 radical (unpaired) electrons. The molecular formula is C23H27N3O3. The summed E-state index contributed by atoms with van der Waals surface area (Å²) < 4.78 is 7.13. The van der Waals surface area contributed by atoms with E-state index in [9.17, 15) is 9.59 Å². The lowest BCUT2D eigenvalue weighted by molar-refractivity contribution is 0.0921. The number of hydrogen-bond donors (Lipinski definition) is 1. The molecule has 0 fully saturated rings. The summed E-state index contributed by atoms with van der Waals surface area (Å²) in [5.74, 6) is 0.523. The molecule has 29 heavy (non-hydrogen) atoms. The van der Waals surface area contributed by atoms with Crippen molar-refractivity contribution in [2.45, 2.75) is 33.5 Å². The Morgan fingerprint density at radius 3 is 2.41 bits per heavy atom. The monoisotopic (exact) mass is 393 g/mol. The zero-order chi connectivity index (χ0) is 20.6. The second kappa shape index (κ2) is 9.89. The number of carbonyl (C=O) groups is 1. The van der Waals surface area contributed by atoms with Crippen LogP contribution in [0.1, 0.15) is 41.3 Å². The minimum atomic E-state index is -0.274. The highest BCUT2D eigenvalue weighted by atomic mass is 16.4. The zero-order valence-corrected chi connectivity index (χ0v) is 16.9. The molecule has 6 heteroatoms. The molecule has 2 heterocycles. The van der Waals surface area contributed by atoms with Crippen molar-refractivity contribution in [2.75, 3.05) is 13.1 Å². The highest BCUT2D eigenvalue weighted by Gasteiger charge is 2.11. The average molecular weight is 393 g/mol. The topological polar surface area (TPSA) is 67.5 Å². The quantitative estimate of drug-likeness (QED) is 0.606. The lowest BCUT2D eigenvalue weighted by Gasteiger charge is -2.18. The third-order valence-electron chi connectivity index (χ3n) is 4.89. The van der Waals surface area contributed by atoms with Crippen LogP contribution in [0.25, 0.3) is 0 Å². The van der Waals surface area contributed by atoms with Gasteiger partial charge in [-0.3, -0.25) is 14.5 Å². The summed E-state index contributed by atoms with van der Waals surface area (Å²) in [6.07, 6.45) is 1.69. The summed E-state index contributed by atoms with van der Waals surface area (Å²) in [4.78, 5) is 26.5. The molecule has 0 atom stereocenters. The van der Waals surface area contributed by atoms with Crippen LogP contribution in [0.3, 0.4) is 0 Å². The summed E-state index contributed by atoms with van der Waals surface area (Å²) in [5.41, 5.74) is 2.18. The standard InChI is InChI=1S/C23H27N3O3/c1-3-25(4-2)16-19-10-8-18(9-11-19)15-24-23(28)21-13-12-20(29-21)17-26-14-6-5-7-22(26)27/h5-14H,3-4,15-17H2,1-2H3,(H,24,28). The van der Waals surface area contributed by atoms with Crippen LogP contribution in [0, 0.1) is 0 Å². The molecule has 0 aliphatic carbocycles. The molecule has 1 N–H and O–H groups in total. The largest absolute Gasteiger partial charge is 0.454 e. The van der Waals surface area contributed by atoms with E-state index in [0.717, 1.165) is 25.2 Å². The molecule has 0 spiro atoms. The molecule has 3 rings (SSSR count). The normalized spacial score (nSPS) is 11.0. The van der Waals surface area contributed by atoms with Crippen molar-refractivity contribution in [3.8, 4) is 0 Å². The highest BCUT2D eigenvalue weighted by Crippen LogP contribution is 2.11. The minimum absolute atomic E-state index is 0.112. The Morgan fingerprint density at radius 2 is 1.72 bits per heavy atom. The van der Waals surface area contributed by atoms with Crippen LogP contribution < -0.4 is 10.9 Å². The summed E-state index contributed by atoms with van der Waals surface area (Å²) in [6, 6.07) is 16.6. The Bertz CT molecular complexity index is 985. The maximum absolute atomic E-state index is 12.4. The fourth-order valence-electron chi connectivity index (χ4n) is 3.08. The van der Waals surface area contributed by atoms with Gasteiger partial charge in [0.15, 0.2) is 5.76 Å². The van der Waals surface area contributed by atoms with Gasteiger partial charge in [0, 0.05) is 25.4 Å². The number of benzene rings is 1. The Morgan fingerprint density at radius 1 is 1.00 bits per heavy atom. The zero-order valence-electron chi connectivity index (χ0n) is 16.9. The van der Waals surface area contributed by atoms with Crippen LogP contribution in [0.15, 0.2) is 70.0 Å². The first kappa shape index (κ1) is 20.6. The fourth-order valence-corrected chi connectivity index (χ4v) is 3.08.